The predicted molar refractivity (Wildman–Crippen MR) is 62.3 cm³/mol. The summed E-state index contributed by atoms with van der Waals surface area (Å²) in [7, 11) is 0. The summed E-state index contributed by atoms with van der Waals surface area (Å²) >= 11 is 0. The first kappa shape index (κ1) is 14.7. The minimum atomic E-state index is 0. The Labute approximate surface area is 97.5 Å². The van der Waals surface area contributed by atoms with Crippen molar-refractivity contribution in [2.45, 2.75) is 19.8 Å². The molecule has 4 nitrogen and oxygen atoms in total. The summed E-state index contributed by atoms with van der Waals surface area (Å²) in [4.78, 5) is 11.2. The number of hydrogen-bond acceptors (Lipinski definition) is 3. The van der Waals surface area contributed by atoms with Crippen LogP contribution in [0.3, 0.4) is 0 Å². The number of hydrogen-bond donors (Lipinski definition) is 2. The van der Waals surface area contributed by atoms with Crippen LogP contribution < -0.4 is 10.6 Å². The van der Waals surface area contributed by atoms with Crippen molar-refractivity contribution in [3.63, 3.8) is 0 Å². The van der Waals surface area contributed by atoms with E-state index in [2.05, 4.69) is 10.6 Å². The number of rotatable bonds is 8. The van der Waals surface area contributed by atoms with Crippen LogP contribution in [0.25, 0.3) is 0 Å². The normalized spacial score (nSPS) is 14.5. The van der Waals surface area contributed by atoms with Gasteiger partial charge in [0, 0.05) is 13.2 Å². The van der Waals surface area contributed by atoms with Gasteiger partial charge in [-0.25, -0.2) is 0 Å². The highest BCUT2D eigenvalue weighted by atomic mass is 35.5. The van der Waals surface area contributed by atoms with Gasteiger partial charge in [-0.15, -0.1) is 12.4 Å². The van der Waals surface area contributed by atoms with Gasteiger partial charge in [0.1, 0.15) is 0 Å². The van der Waals surface area contributed by atoms with Gasteiger partial charge in [0.25, 0.3) is 0 Å². The van der Waals surface area contributed by atoms with E-state index in [1.54, 1.807) is 0 Å². The zero-order valence-corrected chi connectivity index (χ0v) is 10.1. The molecule has 15 heavy (non-hydrogen) atoms. The van der Waals surface area contributed by atoms with Crippen LogP contribution in [0.5, 0.6) is 0 Å². The predicted octanol–water partition coefficient (Wildman–Crippen LogP) is 0.560. The van der Waals surface area contributed by atoms with Crippen molar-refractivity contribution in [3.8, 4) is 0 Å². The molecule has 0 aromatic rings. The molecule has 5 heteroatoms. The van der Waals surface area contributed by atoms with E-state index in [4.69, 9.17) is 4.74 Å². The van der Waals surface area contributed by atoms with Crippen molar-refractivity contribution in [2.75, 3.05) is 32.8 Å². The Morgan fingerprint density at radius 3 is 2.80 bits per heavy atom. The van der Waals surface area contributed by atoms with Crippen LogP contribution in [0.4, 0.5) is 0 Å². The van der Waals surface area contributed by atoms with Gasteiger partial charge in [0.05, 0.1) is 13.2 Å². The summed E-state index contributed by atoms with van der Waals surface area (Å²) in [5.41, 5.74) is 0. The van der Waals surface area contributed by atoms with Crippen LogP contribution in [-0.4, -0.2) is 38.8 Å². The van der Waals surface area contributed by atoms with E-state index < -0.39 is 0 Å². The largest absolute Gasteiger partial charge is 0.380 e. The lowest BCUT2D eigenvalue weighted by Gasteiger charge is -2.05. The zero-order chi connectivity index (χ0) is 10.2. The molecule has 1 fully saturated rings. The SMILES string of the molecule is CCOCCNC(=O)CNCC1CC1.Cl. The molecule has 1 aliphatic rings. The van der Waals surface area contributed by atoms with Gasteiger partial charge in [0.2, 0.25) is 5.91 Å². The smallest absolute Gasteiger partial charge is 0.234 e. The first-order chi connectivity index (χ1) is 6.83. The molecule has 0 aromatic carbocycles. The summed E-state index contributed by atoms with van der Waals surface area (Å²) in [6, 6.07) is 0. The van der Waals surface area contributed by atoms with Crippen LogP contribution in [0.2, 0.25) is 0 Å². The number of halogens is 1. The van der Waals surface area contributed by atoms with Crippen molar-refractivity contribution in [3.05, 3.63) is 0 Å². The molecular weight excluding hydrogens is 216 g/mol. The molecular formula is C10H21ClN2O2. The second-order valence-electron chi connectivity index (χ2n) is 3.62. The molecule has 1 rings (SSSR count). The molecule has 0 saturated heterocycles. The van der Waals surface area contributed by atoms with Crippen molar-refractivity contribution >= 4 is 18.3 Å². The molecule has 0 atom stereocenters. The Hall–Kier alpha value is -0.320. The fourth-order valence-corrected chi connectivity index (χ4v) is 1.18. The van der Waals surface area contributed by atoms with Crippen LogP contribution in [-0.2, 0) is 9.53 Å². The number of amides is 1. The lowest BCUT2D eigenvalue weighted by Crippen LogP contribution is -2.36. The van der Waals surface area contributed by atoms with Gasteiger partial charge in [-0.3, -0.25) is 4.79 Å². The molecule has 1 amide bonds. The molecule has 0 spiro atoms. The summed E-state index contributed by atoms with van der Waals surface area (Å²) in [6.45, 7) is 5.28. The molecule has 0 bridgehead atoms. The van der Waals surface area contributed by atoms with E-state index in [1.165, 1.54) is 12.8 Å². The van der Waals surface area contributed by atoms with E-state index in [1.807, 2.05) is 6.92 Å². The van der Waals surface area contributed by atoms with Crippen molar-refractivity contribution in [1.29, 1.82) is 0 Å². The standard InChI is InChI=1S/C10H20N2O2.ClH/c1-2-14-6-5-12-10(13)8-11-7-9-3-4-9;/h9,11H,2-8H2,1H3,(H,12,13);1H. The Morgan fingerprint density at radius 1 is 1.47 bits per heavy atom. The molecule has 0 heterocycles. The first-order valence-corrected chi connectivity index (χ1v) is 5.38. The number of carbonyl (C=O) groups excluding carboxylic acids is 1. The van der Waals surface area contributed by atoms with E-state index in [-0.39, 0.29) is 18.3 Å². The number of ether oxygens (including phenoxy) is 1. The third-order valence-corrected chi connectivity index (χ3v) is 2.19. The molecule has 0 radical (unpaired) electrons. The van der Waals surface area contributed by atoms with Gasteiger partial charge in [-0.05, 0) is 32.2 Å². The van der Waals surface area contributed by atoms with Crippen LogP contribution in [0.15, 0.2) is 0 Å². The highest BCUT2D eigenvalue weighted by Crippen LogP contribution is 2.27. The van der Waals surface area contributed by atoms with Gasteiger partial charge in [-0.2, -0.15) is 0 Å². The highest BCUT2D eigenvalue weighted by Gasteiger charge is 2.20. The minimum Gasteiger partial charge on any atom is -0.380 e. The van der Waals surface area contributed by atoms with Crippen molar-refractivity contribution in [1.82, 2.24) is 10.6 Å². The minimum absolute atomic E-state index is 0. The van der Waals surface area contributed by atoms with E-state index in [9.17, 15) is 4.79 Å². The summed E-state index contributed by atoms with van der Waals surface area (Å²) in [6.07, 6.45) is 2.64. The third kappa shape index (κ3) is 8.66. The molecule has 90 valence electrons. The second kappa shape index (κ2) is 8.95. The monoisotopic (exact) mass is 236 g/mol. The average Bonchev–Trinajstić information content (AvgIpc) is 2.96. The Kier molecular flexibility index (Phi) is 8.76. The van der Waals surface area contributed by atoms with Crippen LogP contribution in [0.1, 0.15) is 19.8 Å². The first-order valence-electron chi connectivity index (χ1n) is 5.38. The molecule has 0 aromatic heterocycles. The fourth-order valence-electron chi connectivity index (χ4n) is 1.18. The van der Waals surface area contributed by atoms with Gasteiger partial charge < -0.3 is 15.4 Å². The second-order valence-corrected chi connectivity index (χ2v) is 3.62. The lowest BCUT2D eigenvalue weighted by molar-refractivity contribution is -0.120. The Bertz CT molecular complexity index is 175. The summed E-state index contributed by atoms with van der Waals surface area (Å²) < 4.78 is 5.10. The Morgan fingerprint density at radius 2 is 2.20 bits per heavy atom. The molecule has 1 saturated carbocycles. The third-order valence-electron chi connectivity index (χ3n) is 2.19. The molecule has 0 unspecified atom stereocenters. The van der Waals surface area contributed by atoms with Crippen molar-refractivity contribution in [2.24, 2.45) is 5.92 Å². The molecule has 2 N–H and O–H groups in total. The van der Waals surface area contributed by atoms with Crippen LogP contribution >= 0.6 is 12.4 Å². The van der Waals surface area contributed by atoms with Gasteiger partial charge in [0.15, 0.2) is 0 Å². The summed E-state index contributed by atoms with van der Waals surface area (Å²) in [5.74, 6) is 0.886. The topological polar surface area (TPSA) is 50.4 Å². The maximum Gasteiger partial charge on any atom is 0.234 e. The van der Waals surface area contributed by atoms with Gasteiger partial charge in [-0.1, -0.05) is 0 Å². The number of carbonyl (C=O) groups is 1. The molecule has 0 aliphatic heterocycles. The number of nitrogens with one attached hydrogen (secondary N) is 2. The highest BCUT2D eigenvalue weighted by molar-refractivity contribution is 5.85. The van der Waals surface area contributed by atoms with E-state index in [0.29, 0.717) is 26.3 Å². The Balaban J connectivity index is 0.00000196. The van der Waals surface area contributed by atoms with E-state index in [0.717, 1.165) is 12.5 Å². The molecule has 1 aliphatic carbocycles. The van der Waals surface area contributed by atoms with Crippen molar-refractivity contribution < 1.29 is 9.53 Å². The average molecular weight is 237 g/mol. The zero-order valence-electron chi connectivity index (χ0n) is 9.25. The fraction of sp³-hybridized carbons (Fsp3) is 0.900. The maximum absolute atomic E-state index is 11.2. The quantitative estimate of drug-likeness (QED) is 0.606. The van der Waals surface area contributed by atoms with E-state index >= 15 is 0 Å². The van der Waals surface area contributed by atoms with Gasteiger partial charge >= 0.3 is 0 Å². The van der Waals surface area contributed by atoms with Crippen LogP contribution in [0, 0.1) is 5.92 Å². The summed E-state index contributed by atoms with van der Waals surface area (Å²) in [5, 5.41) is 5.92. The lowest BCUT2D eigenvalue weighted by atomic mass is 10.4. The maximum atomic E-state index is 11.2.